The smallest absolute Gasteiger partial charge is 0.220 e. The first-order valence-corrected chi connectivity index (χ1v) is 5.69. The van der Waals surface area contributed by atoms with Gasteiger partial charge < -0.3 is 0 Å². The lowest BCUT2D eigenvalue weighted by Crippen LogP contribution is -1.86. The van der Waals surface area contributed by atoms with E-state index in [9.17, 15) is 8.78 Å². The van der Waals surface area contributed by atoms with Crippen LogP contribution in [0.1, 0.15) is 11.1 Å². The largest absolute Gasteiger partial charge is 0.227 e. The Labute approximate surface area is 106 Å². The maximum Gasteiger partial charge on any atom is 0.220 e. The second-order valence-corrected chi connectivity index (χ2v) is 4.33. The molecule has 0 unspecified atom stereocenters. The average molecular weight is 296 g/mol. The van der Waals surface area contributed by atoms with Gasteiger partial charge in [0, 0.05) is 16.2 Å². The topological polar surface area (TPSA) is 12.9 Å². The summed E-state index contributed by atoms with van der Waals surface area (Å²) in [7, 11) is 0. The summed E-state index contributed by atoms with van der Waals surface area (Å²) in [4.78, 5) is 3.58. The van der Waals surface area contributed by atoms with Crippen LogP contribution in [0.15, 0.2) is 41.0 Å². The van der Waals surface area contributed by atoms with E-state index in [1.54, 1.807) is 30.4 Å². The van der Waals surface area contributed by atoms with E-state index >= 15 is 0 Å². The third kappa shape index (κ3) is 3.20. The number of nitrogens with zero attached hydrogens (tertiary/aromatic N) is 1. The van der Waals surface area contributed by atoms with Crippen molar-refractivity contribution in [1.29, 1.82) is 0 Å². The van der Waals surface area contributed by atoms with Gasteiger partial charge in [-0.15, -0.1) is 0 Å². The highest BCUT2D eigenvalue weighted by Crippen LogP contribution is 2.16. The molecule has 1 heterocycles. The van der Waals surface area contributed by atoms with Crippen molar-refractivity contribution in [3.8, 4) is 0 Å². The van der Waals surface area contributed by atoms with Crippen LogP contribution in [0.25, 0.3) is 12.2 Å². The first kappa shape index (κ1) is 11.9. The quantitative estimate of drug-likeness (QED) is 0.753. The highest BCUT2D eigenvalue weighted by molar-refractivity contribution is 9.10. The molecule has 0 amide bonds. The molecule has 0 aliphatic heterocycles. The highest BCUT2D eigenvalue weighted by Gasteiger charge is 2.00. The number of aromatic nitrogens is 1. The Bertz CT molecular complexity index is 550. The van der Waals surface area contributed by atoms with Gasteiger partial charge in [-0.05, 0) is 45.8 Å². The number of hydrogen-bond acceptors (Lipinski definition) is 1. The van der Waals surface area contributed by atoms with E-state index in [-0.39, 0.29) is 5.82 Å². The Kier molecular flexibility index (Phi) is 3.64. The standard InChI is InChI=1S/C13H8BrF2N/c14-11-7-10(13(16)17-8-11)4-1-9-2-5-12(15)6-3-9/h1-8H. The summed E-state index contributed by atoms with van der Waals surface area (Å²) in [5.74, 6) is -0.830. The summed E-state index contributed by atoms with van der Waals surface area (Å²) in [5, 5.41) is 0. The number of rotatable bonds is 2. The lowest BCUT2D eigenvalue weighted by molar-refractivity contribution is 0.580. The van der Waals surface area contributed by atoms with E-state index in [1.165, 1.54) is 18.3 Å². The summed E-state index contributed by atoms with van der Waals surface area (Å²) in [6, 6.07) is 7.58. The Hall–Kier alpha value is -1.55. The second kappa shape index (κ2) is 5.19. The van der Waals surface area contributed by atoms with Gasteiger partial charge >= 0.3 is 0 Å². The molecule has 2 rings (SSSR count). The van der Waals surface area contributed by atoms with E-state index < -0.39 is 5.95 Å². The molecule has 0 N–H and O–H groups in total. The van der Waals surface area contributed by atoms with Gasteiger partial charge in [0.15, 0.2) is 0 Å². The molecular formula is C13H8BrF2N. The minimum atomic E-state index is -0.536. The number of pyridine rings is 1. The van der Waals surface area contributed by atoms with Crippen LogP contribution in [0.5, 0.6) is 0 Å². The van der Waals surface area contributed by atoms with Gasteiger partial charge in [-0.3, -0.25) is 0 Å². The van der Waals surface area contributed by atoms with E-state index in [4.69, 9.17) is 0 Å². The molecule has 0 aliphatic rings. The average Bonchev–Trinajstić information content (AvgIpc) is 2.32. The van der Waals surface area contributed by atoms with Gasteiger partial charge in [0.05, 0.1) is 0 Å². The minimum absolute atomic E-state index is 0.294. The summed E-state index contributed by atoms with van der Waals surface area (Å²) in [5.41, 5.74) is 1.18. The van der Waals surface area contributed by atoms with Crippen LogP contribution in [0.4, 0.5) is 8.78 Å². The second-order valence-electron chi connectivity index (χ2n) is 3.42. The van der Waals surface area contributed by atoms with Crippen molar-refractivity contribution >= 4 is 28.1 Å². The molecule has 0 aliphatic carbocycles. The zero-order chi connectivity index (χ0) is 12.3. The van der Waals surface area contributed by atoms with Gasteiger partial charge in [-0.1, -0.05) is 18.2 Å². The Balaban J connectivity index is 2.25. The molecule has 0 saturated heterocycles. The fraction of sp³-hybridized carbons (Fsp3) is 0. The van der Waals surface area contributed by atoms with Gasteiger partial charge in [0.1, 0.15) is 5.82 Å². The molecule has 0 saturated carbocycles. The molecule has 4 heteroatoms. The molecule has 0 atom stereocenters. The highest BCUT2D eigenvalue weighted by atomic mass is 79.9. The van der Waals surface area contributed by atoms with Crippen LogP contribution in [0.2, 0.25) is 0 Å². The van der Waals surface area contributed by atoms with Crippen LogP contribution in [0.3, 0.4) is 0 Å². The maximum atomic E-state index is 13.3. The van der Waals surface area contributed by atoms with Crippen molar-refractivity contribution < 1.29 is 8.78 Å². The van der Waals surface area contributed by atoms with Gasteiger partial charge in [0.25, 0.3) is 0 Å². The third-order valence-electron chi connectivity index (χ3n) is 2.16. The summed E-state index contributed by atoms with van der Waals surface area (Å²) < 4.78 is 26.7. The van der Waals surface area contributed by atoms with E-state index in [0.29, 0.717) is 10.0 Å². The van der Waals surface area contributed by atoms with E-state index in [0.717, 1.165) is 5.56 Å². The Morgan fingerprint density at radius 1 is 1.06 bits per heavy atom. The number of benzene rings is 1. The first-order chi connectivity index (χ1) is 8.15. The van der Waals surface area contributed by atoms with Crippen molar-refractivity contribution in [2.45, 2.75) is 0 Å². The minimum Gasteiger partial charge on any atom is -0.227 e. The van der Waals surface area contributed by atoms with Gasteiger partial charge in [0.2, 0.25) is 5.95 Å². The van der Waals surface area contributed by atoms with Crippen molar-refractivity contribution in [1.82, 2.24) is 4.98 Å². The maximum absolute atomic E-state index is 13.3. The van der Waals surface area contributed by atoms with Crippen molar-refractivity contribution in [2.24, 2.45) is 0 Å². The van der Waals surface area contributed by atoms with Crippen molar-refractivity contribution in [3.63, 3.8) is 0 Å². The van der Waals surface area contributed by atoms with Crippen LogP contribution >= 0.6 is 15.9 Å². The molecular weight excluding hydrogens is 288 g/mol. The molecule has 2 aromatic rings. The summed E-state index contributed by atoms with van der Waals surface area (Å²) >= 11 is 3.22. The fourth-order valence-corrected chi connectivity index (χ4v) is 1.66. The van der Waals surface area contributed by atoms with Crippen LogP contribution < -0.4 is 0 Å². The molecule has 1 aromatic heterocycles. The SMILES string of the molecule is Fc1ccc(C=Cc2cc(Br)cnc2F)cc1. The molecule has 0 bridgehead atoms. The lowest BCUT2D eigenvalue weighted by Gasteiger charge is -1.97. The Morgan fingerprint density at radius 3 is 2.47 bits per heavy atom. The normalized spacial score (nSPS) is 11.0. The van der Waals surface area contributed by atoms with E-state index in [1.807, 2.05) is 0 Å². The molecule has 86 valence electrons. The fourth-order valence-electron chi connectivity index (χ4n) is 1.32. The van der Waals surface area contributed by atoms with Crippen LogP contribution in [-0.4, -0.2) is 4.98 Å². The van der Waals surface area contributed by atoms with Crippen LogP contribution in [-0.2, 0) is 0 Å². The third-order valence-corrected chi connectivity index (χ3v) is 2.59. The summed E-state index contributed by atoms with van der Waals surface area (Å²) in [6.45, 7) is 0. The molecule has 0 fully saturated rings. The Morgan fingerprint density at radius 2 is 1.76 bits per heavy atom. The lowest BCUT2D eigenvalue weighted by atomic mass is 10.1. The molecule has 0 spiro atoms. The van der Waals surface area contributed by atoms with Gasteiger partial charge in [-0.2, -0.15) is 4.39 Å². The zero-order valence-electron chi connectivity index (χ0n) is 8.70. The number of hydrogen-bond donors (Lipinski definition) is 0. The zero-order valence-corrected chi connectivity index (χ0v) is 10.3. The van der Waals surface area contributed by atoms with E-state index in [2.05, 4.69) is 20.9 Å². The predicted octanol–water partition coefficient (Wildman–Crippen LogP) is 4.29. The molecule has 1 nitrogen and oxygen atoms in total. The van der Waals surface area contributed by atoms with Crippen molar-refractivity contribution in [2.75, 3.05) is 0 Å². The molecule has 0 radical (unpaired) electrons. The van der Waals surface area contributed by atoms with Crippen LogP contribution in [0, 0.1) is 11.8 Å². The monoisotopic (exact) mass is 295 g/mol. The molecule has 17 heavy (non-hydrogen) atoms. The number of halogens is 3. The van der Waals surface area contributed by atoms with Gasteiger partial charge in [-0.25, -0.2) is 9.37 Å². The first-order valence-electron chi connectivity index (χ1n) is 4.90. The predicted molar refractivity (Wildman–Crippen MR) is 67.2 cm³/mol. The van der Waals surface area contributed by atoms with Crippen molar-refractivity contribution in [3.05, 3.63) is 63.9 Å². The molecule has 1 aromatic carbocycles. The summed E-state index contributed by atoms with van der Waals surface area (Å²) in [6.07, 6.45) is 4.69.